The molecular formula is C12H9F3N2O4. The predicted octanol–water partition coefficient (Wildman–Crippen LogP) is 1.11. The van der Waals surface area contributed by atoms with E-state index in [4.69, 9.17) is 4.74 Å². The lowest BCUT2D eigenvalue weighted by Gasteiger charge is -2.31. The second kappa shape index (κ2) is 4.35. The van der Waals surface area contributed by atoms with Gasteiger partial charge in [0.05, 0.1) is 18.0 Å². The molecule has 112 valence electrons. The van der Waals surface area contributed by atoms with Gasteiger partial charge in [-0.15, -0.1) is 0 Å². The Morgan fingerprint density at radius 3 is 2.76 bits per heavy atom. The summed E-state index contributed by atoms with van der Waals surface area (Å²) in [6, 6.07) is 1.74. The van der Waals surface area contributed by atoms with Crippen molar-refractivity contribution in [1.29, 1.82) is 0 Å². The molecule has 1 saturated heterocycles. The summed E-state index contributed by atoms with van der Waals surface area (Å²) < 4.78 is 49.3. The summed E-state index contributed by atoms with van der Waals surface area (Å²) in [5, 5.41) is 2.26. The normalized spacial score (nSPS) is 22.4. The average molecular weight is 302 g/mol. The molecule has 21 heavy (non-hydrogen) atoms. The van der Waals surface area contributed by atoms with E-state index in [0.717, 1.165) is 13.1 Å². The Labute approximate surface area is 116 Å². The van der Waals surface area contributed by atoms with Gasteiger partial charge >= 0.3 is 12.0 Å². The Kier molecular flexibility index (Phi) is 2.84. The number of halogens is 3. The topological polar surface area (TPSA) is 71.2 Å². The summed E-state index contributed by atoms with van der Waals surface area (Å²) in [7, 11) is 1.10. The third kappa shape index (κ3) is 2.29. The minimum atomic E-state index is -4.05. The smallest absolute Gasteiger partial charge is 0.423 e. The van der Waals surface area contributed by atoms with Crippen LogP contribution >= 0.6 is 0 Å². The summed E-state index contributed by atoms with van der Waals surface area (Å²) >= 11 is 0. The van der Waals surface area contributed by atoms with Crippen molar-refractivity contribution in [2.45, 2.75) is 12.2 Å². The van der Waals surface area contributed by atoms with Crippen molar-refractivity contribution >= 4 is 23.2 Å². The number of likely N-dealkylation sites (N-methyl/N-ethyl adjacent to an activating group) is 1. The minimum Gasteiger partial charge on any atom is -0.423 e. The van der Waals surface area contributed by atoms with E-state index in [1.54, 1.807) is 0 Å². The first-order valence-electron chi connectivity index (χ1n) is 5.90. The molecule has 0 spiro atoms. The zero-order valence-corrected chi connectivity index (χ0v) is 10.7. The van der Waals surface area contributed by atoms with Gasteiger partial charge in [0.25, 0.3) is 5.91 Å². The van der Waals surface area contributed by atoms with Crippen LogP contribution in [-0.2, 0) is 14.3 Å². The van der Waals surface area contributed by atoms with Crippen LogP contribution in [0.15, 0.2) is 12.1 Å². The first-order valence-corrected chi connectivity index (χ1v) is 5.90. The lowest BCUT2D eigenvalue weighted by atomic mass is 10.2. The van der Waals surface area contributed by atoms with Crippen molar-refractivity contribution in [1.82, 2.24) is 0 Å². The number of ether oxygens (including phenoxy) is 2. The third-order valence-electron chi connectivity index (χ3n) is 3.09. The van der Waals surface area contributed by atoms with Crippen molar-refractivity contribution in [3.05, 3.63) is 17.9 Å². The van der Waals surface area contributed by atoms with Crippen molar-refractivity contribution in [3.63, 3.8) is 0 Å². The number of rotatable bonds is 2. The molecule has 2 aliphatic rings. The van der Waals surface area contributed by atoms with Crippen molar-refractivity contribution in [2.75, 3.05) is 23.9 Å². The highest BCUT2D eigenvalue weighted by Gasteiger charge is 2.49. The van der Waals surface area contributed by atoms with Crippen LogP contribution in [0.2, 0.25) is 0 Å². The first-order chi connectivity index (χ1) is 9.79. The summed E-state index contributed by atoms with van der Waals surface area (Å²) in [5.41, 5.74) is -0.318. The second-order valence-electron chi connectivity index (χ2n) is 4.59. The summed E-state index contributed by atoms with van der Waals surface area (Å²) in [5.74, 6) is -3.57. The van der Waals surface area contributed by atoms with E-state index in [1.807, 2.05) is 0 Å². The highest BCUT2D eigenvalue weighted by Crippen LogP contribution is 2.41. The molecule has 0 saturated carbocycles. The number of carbonyl (C=O) groups is 2. The van der Waals surface area contributed by atoms with Gasteiger partial charge in [-0.2, -0.15) is 8.78 Å². The van der Waals surface area contributed by atoms with Gasteiger partial charge in [0.15, 0.2) is 17.7 Å². The molecule has 0 aromatic heterocycles. The van der Waals surface area contributed by atoms with Crippen LogP contribution < -0.4 is 15.0 Å². The van der Waals surface area contributed by atoms with Crippen LogP contribution in [0.25, 0.3) is 0 Å². The maximum absolute atomic E-state index is 13.8. The lowest BCUT2D eigenvalue weighted by molar-refractivity contribution is -0.192. The highest BCUT2D eigenvalue weighted by atomic mass is 19.3. The number of hydrogen-bond acceptors (Lipinski definition) is 4. The minimum absolute atomic E-state index is 0.0701. The lowest BCUT2D eigenvalue weighted by Crippen LogP contribution is -2.49. The van der Waals surface area contributed by atoms with Crippen LogP contribution in [0.1, 0.15) is 0 Å². The van der Waals surface area contributed by atoms with Gasteiger partial charge in [0.2, 0.25) is 0 Å². The van der Waals surface area contributed by atoms with Gasteiger partial charge in [0, 0.05) is 13.1 Å². The van der Waals surface area contributed by atoms with Crippen LogP contribution in [0, 0.1) is 5.82 Å². The Bertz CT molecular complexity index is 646. The molecule has 6 nitrogen and oxygen atoms in total. The van der Waals surface area contributed by atoms with E-state index >= 15 is 0 Å². The second-order valence-corrected chi connectivity index (χ2v) is 4.59. The molecular weight excluding hydrogens is 293 g/mol. The van der Waals surface area contributed by atoms with E-state index in [0.29, 0.717) is 11.0 Å². The van der Waals surface area contributed by atoms with Crippen LogP contribution in [0.4, 0.5) is 24.5 Å². The van der Waals surface area contributed by atoms with E-state index in [1.165, 1.54) is 0 Å². The van der Waals surface area contributed by atoms with Crippen molar-refractivity contribution in [2.24, 2.45) is 0 Å². The Morgan fingerprint density at radius 2 is 2.14 bits per heavy atom. The molecule has 2 aliphatic heterocycles. The molecule has 1 aromatic rings. The number of carbonyl (C=O) groups excluding carboxylic acids is 2. The SMILES string of the molecule is CN1C(=O)C(F)(F)Oc2cc(F)c(NC(=O)C3CO3)cc21. The van der Waals surface area contributed by atoms with Gasteiger partial charge < -0.3 is 19.7 Å². The highest BCUT2D eigenvalue weighted by molar-refractivity contribution is 6.02. The fraction of sp³-hybridized carbons (Fsp3) is 0.333. The molecule has 1 unspecified atom stereocenters. The fourth-order valence-electron chi connectivity index (χ4n) is 1.88. The quantitative estimate of drug-likeness (QED) is 0.831. The molecule has 9 heteroatoms. The van der Waals surface area contributed by atoms with Gasteiger partial charge in [-0.25, -0.2) is 4.39 Å². The number of nitrogens with one attached hydrogen (secondary N) is 1. The van der Waals surface area contributed by atoms with Crippen LogP contribution in [0.3, 0.4) is 0 Å². The molecule has 0 bridgehead atoms. The molecule has 2 heterocycles. The molecule has 1 aromatic carbocycles. The molecule has 3 rings (SSSR count). The monoisotopic (exact) mass is 302 g/mol. The number of nitrogens with zero attached hydrogens (tertiary/aromatic N) is 1. The van der Waals surface area contributed by atoms with Gasteiger partial charge in [0.1, 0.15) is 0 Å². The van der Waals surface area contributed by atoms with Crippen molar-refractivity contribution in [3.8, 4) is 5.75 Å². The number of alkyl halides is 2. The molecule has 1 fully saturated rings. The number of epoxide rings is 1. The molecule has 0 aliphatic carbocycles. The molecule has 2 amide bonds. The third-order valence-corrected chi connectivity index (χ3v) is 3.09. The first kappa shape index (κ1) is 13.7. The molecule has 1 atom stereocenters. The summed E-state index contributed by atoms with van der Waals surface area (Å²) in [6.45, 7) is 0.242. The van der Waals surface area contributed by atoms with Gasteiger partial charge in [-0.05, 0) is 6.07 Å². The zero-order chi connectivity index (χ0) is 15.4. The summed E-state index contributed by atoms with van der Waals surface area (Å²) in [6.07, 6.45) is -4.69. The number of amides is 2. The Hall–Kier alpha value is -2.29. The van der Waals surface area contributed by atoms with Crippen LogP contribution in [-0.4, -0.2) is 37.7 Å². The maximum Gasteiger partial charge on any atom is 0.482 e. The largest absolute Gasteiger partial charge is 0.482 e. The van der Waals surface area contributed by atoms with Crippen LogP contribution in [0.5, 0.6) is 5.75 Å². The number of hydrogen-bond donors (Lipinski definition) is 1. The molecule has 1 N–H and O–H groups in total. The zero-order valence-electron chi connectivity index (χ0n) is 10.7. The van der Waals surface area contributed by atoms with E-state index < -0.39 is 35.6 Å². The maximum atomic E-state index is 13.8. The fourth-order valence-corrected chi connectivity index (χ4v) is 1.88. The number of benzene rings is 1. The number of anilines is 2. The Morgan fingerprint density at radius 1 is 1.48 bits per heavy atom. The Balaban J connectivity index is 1.96. The van der Waals surface area contributed by atoms with Gasteiger partial charge in [-0.3, -0.25) is 9.59 Å². The average Bonchev–Trinajstić information content (AvgIpc) is 3.22. The summed E-state index contributed by atoms with van der Waals surface area (Å²) in [4.78, 5) is 23.5. The van der Waals surface area contributed by atoms with E-state index in [2.05, 4.69) is 10.1 Å². The van der Waals surface area contributed by atoms with Crippen molar-refractivity contribution < 1.29 is 32.2 Å². The van der Waals surface area contributed by atoms with E-state index in [-0.39, 0.29) is 18.0 Å². The van der Waals surface area contributed by atoms with E-state index in [9.17, 15) is 22.8 Å². The van der Waals surface area contributed by atoms with Gasteiger partial charge in [-0.1, -0.05) is 0 Å². The number of fused-ring (bicyclic) bond motifs is 1. The predicted molar refractivity (Wildman–Crippen MR) is 63.8 cm³/mol. The standard InChI is InChI=1S/C12H9F3N2O4/c1-17-7-3-6(16-10(18)9-4-20-9)5(13)2-8(7)21-12(14,15)11(17)19/h2-3,9H,4H2,1H3,(H,16,18). The molecule has 0 radical (unpaired) electrons.